The van der Waals surface area contributed by atoms with Crippen LogP contribution in [-0.2, 0) is 28.4 Å². The van der Waals surface area contributed by atoms with Gasteiger partial charge in [0.1, 0.15) is 48.8 Å². The third kappa shape index (κ3) is 6.11. The van der Waals surface area contributed by atoms with Gasteiger partial charge in [0.2, 0.25) is 0 Å². The van der Waals surface area contributed by atoms with Gasteiger partial charge in [0, 0.05) is 18.3 Å². The number of aliphatic hydroxyl groups excluding tert-OH is 8. The van der Waals surface area contributed by atoms with Gasteiger partial charge in [0.25, 0.3) is 0 Å². The van der Waals surface area contributed by atoms with Crippen LogP contribution >= 0.6 is 0 Å². The summed E-state index contributed by atoms with van der Waals surface area (Å²) in [5.74, 6) is 1.79. The molecule has 8 fully saturated rings. The molecule has 1 spiro atoms. The van der Waals surface area contributed by atoms with Gasteiger partial charge in [-0.1, -0.05) is 27.7 Å². The van der Waals surface area contributed by atoms with Crippen LogP contribution < -0.4 is 0 Å². The summed E-state index contributed by atoms with van der Waals surface area (Å²) in [5.41, 5.74) is 0.0217. The van der Waals surface area contributed by atoms with E-state index in [1.54, 1.807) is 0 Å². The first-order chi connectivity index (χ1) is 25.2. The van der Waals surface area contributed by atoms with Crippen molar-refractivity contribution >= 4 is 0 Å². The van der Waals surface area contributed by atoms with Gasteiger partial charge in [-0.3, -0.25) is 0 Å². The zero-order valence-electron chi connectivity index (χ0n) is 31.6. The summed E-state index contributed by atoms with van der Waals surface area (Å²) in [5, 5.41) is 84.8. The fourth-order valence-electron chi connectivity index (χ4n) is 13.2. The molecular weight excluding hydrogens is 692 g/mol. The highest BCUT2D eigenvalue weighted by atomic mass is 16.8. The second kappa shape index (κ2) is 14.4. The molecule has 4 saturated carbocycles. The normalized spacial score (nSPS) is 59.5. The Labute approximate surface area is 312 Å². The highest BCUT2D eigenvalue weighted by Crippen LogP contribution is 2.71. The van der Waals surface area contributed by atoms with Gasteiger partial charge >= 0.3 is 0 Å². The molecule has 23 unspecified atom stereocenters. The van der Waals surface area contributed by atoms with E-state index in [-0.39, 0.29) is 40.8 Å². The van der Waals surface area contributed by atoms with Crippen molar-refractivity contribution in [2.75, 3.05) is 19.8 Å². The molecule has 8 aliphatic rings. The average molecular weight is 757 g/mol. The smallest absolute Gasteiger partial charge is 0.187 e. The Morgan fingerprint density at radius 2 is 1.34 bits per heavy atom. The van der Waals surface area contributed by atoms with Crippen LogP contribution in [0.4, 0.5) is 0 Å². The number of rotatable bonds is 6. The summed E-state index contributed by atoms with van der Waals surface area (Å²) in [6, 6.07) is 0. The van der Waals surface area contributed by atoms with E-state index >= 15 is 0 Å². The van der Waals surface area contributed by atoms with E-state index < -0.39 is 86.5 Å². The third-order valence-electron chi connectivity index (χ3n) is 16.2. The van der Waals surface area contributed by atoms with Crippen molar-refractivity contribution in [3.05, 3.63) is 0 Å². The Balaban J connectivity index is 0.956. The summed E-state index contributed by atoms with van der Waals surface area (Å²) in [7, 11) is 0. The van der Waals surface area contributed by atoms with Crippen LogP contribution in [0.3, 0.4) is 0 Å². The minimum Gasteiger partial charge on any atom is -0.394 e. The third-order valence-corrected chi connectivity index (χ3v) is 16.2. The van der Waals surface area contributed by atoms with E-state index in [0.717, 1.165) is 51.4 Å². The van der Waals surface area contributed by atoms with E-state index in [1.807, 2.05) is 0 Å². The molecule has 0 radical (unpaired) electrons. The molecule has 8 rings (SSSR count). The molecular formula is C39H64O14. The SMILES string of the molecule is CC1CCC2(OC1)OC1C(O)C3C4CCC5CC(OC6OC(CO)C(O)C(O)C6OC6OC(CO)C(O)C(O)C6O)CCC5(C)C4CCC3(C)C1C2C. The van der Waals surface area contributed by atoms with E-state index in [2.05, 4.69) is 27.7 Å². The topological polar surface area (TPSA) is 217 Å². The summed E-state index contributed by atoms with van der Waals surface area (Å²) in [4.78, 5) is 0. The van der Waals surface area contributed by atoms with Gasteiger partial charge in [-0.05, 0) is 91.8 Å². The molecule has 0 bridgehead atoms. The number of fused-ring (bicyclic) bond motifs is 7. The van der Waals surface area contributed by atoms with E-state index in [0.29, 0.717) is 36.7 Å². The standard InChI is InChI=1S/C39H64O14/c1-17-7-12-39(48-16-17)18(2)25-33(53-39)29(44)26-21-6-5-19-13-20(8-10-37(19,3)22(21)9-11-38(25,26)4)49-36-34(31(46)28(43)24(15-41)51-36)52-35-32(47)30(45)27(42)23(14-40)50-35/h17-36,40-47H,5-16H2,1-4H3. The van der Waals surface area contributed by atoms with Crippen LogP contribution in [0.15, 0.2) is 0 Å². The van der Waals surface area contributed by atoms with Gasteiger partial charge in [-0.2, -0.15) is 0 Å². The Morgan fingerprint density at radius 1 is 0.660 bits per heavy atom. The molecule has 14 nitrogen and oxygen atoms in total. The number of aliphatic hydroxyl groups is 8. The molecule has 0 amide bonds. The predicted molar refractivity (Wildman–Crippen MR) is 184 cm³/mol. The Morgan fingerprint density at radius 3 is 2.02 bits per heavy atom. The Kier molecular flexibility index (Phi) is 10.6. The molecule has 23 atom stereocenters. The van der Waals surface area contributed by atoms with Crippen molar-refractivity contribution in [2.24, 2.45) is 52.3 Å². The lowest BCUT2D eigenvalue weighted by Crippen LogP contribution is -2.65. The largest absolute Gasteiger partial charge is 0.394 e. The van der Waals surface area contributed by atoms with Crippen molar-refractivity contribution < 1.29 is 69.3 Å². The van der Waals surface area contributed by atoms with Crippen LogP contribution in [0.25, 0.3) is 0 Å². The lowest BCUT2D eigenvalue weighted by atomic mass is 9.44. The first kappa shape index (κ1) is 39.3. The average Bonchev–Trinajstić information content (AvgIpc) is 3.55. The molecule has 8 N–H and O–H groups in total. The second-order valence-corrected chi connectivity index (χ2v) is 18.8. The van der Waals surface area contributed by atoms with E-state index in [4.69, 9.17) is 28.4 Å². The highest BCUT2D eigenvalue weighted by Gasteiger charge is 2.72. The summed E-state index contributed by atoms with van der Waals surface area (Å²) >= 11 is 0. The maximum absolute atomic E-state index is 12.1. The fraction of sp³-hybridized carbons (Fsp3) is 1.00. The summed E-state index contributed by atoms with van der Waals surface area (Å²) in [6.07, 6.45) is -7.30. The maximum atomic E-state index is 12.1. The Hall–Kier alpha value is -0.560. The van der Waals surface area contributed by atoms with Gasteiger partial charge < -0.3 is 69.3 Å². The molecule has 0 aromatic carbocycles. The monoisotopic (exact) mass is 756 g/mol. The molecule has 304 valence electrons. The minimum absolute atomic E-state index is 0.0208. The molecule has 0 aromatic rings. The van der Waals surface area contributed by atoms with E-state index in [9.17, 15) is 40.9 Å². The van der Waals surface area contributed by atoms with Crippen LogP contribution in [0.5, 0.6) is 0 Å². The molecule has 14 heteroatoms. The number of ether oxygens (including phenoxy) is 6. The molecule has 4 heterocycles. The molecule has 4 aliphatic heterocycles. The van der Waals surface area contributed by atoms with Crippen molar-refractivity contribution in [1.82, 2.24) is 0 Å². The van der Waals surface area contributed by atoms with Crippen molar-refractivity contribution in [3.8, 4) is 0 Å². The molecule has 4 saturated heterocycles. The zero-order chi connectivity index (χ0) is 37.8. The molecule has 4 aliphatic carbocycles. The highest BCUT2D eigenvalue weighted by molar-refractivity contribution is 5.18. The second-order valence-electron chi connectivity index (χ2n) is 18.8. The molecule has 0 aromatic heterocycles. The first-order valence-electron chi connectivity index (χ1n) is 20.4. The van der Waals surface area contributed by atoms with Crippen molar-refractivity contribution in [1.29, 1.82) is 0 Å². The van der Waals surface area contributed by atoms with Crippen molar-refractivity contribution in [2.45, 2.75) is 171 Å². The van der Waals surface area contributed by atoms with Crippen LogP contribution in [-0.4, -0.2) is 146 Å². The summed E-state index contributed by atoms with van der Waals surface area (Å²) < 4.78 is 37.3. The van der Waals surface area contributed by atoms with Gasteiger partial charge in [-0.25, -0.2) is 0 Å². The van der Waals surface area contributed by atoms with Crippen LogP contribution in [0, 0.1) is 52.3 Å². The zero-order valence-corrected chi connectivity index (χ0v) is 31.6. The van der Waals surface area contributed by atoms with Gasteiger partial charge in [-0.15, -0.1) is 0 Å². The minimum atomic E-state index is -1.73. The summed E-state index contributed by atoms with van der Waals surface area (Å²) in [6.45, 7) is 8.83. The quantitative estimate of drug-likeness (QED) is 0.173. The molecule has 53 heavy (non-hydrogen) atoms. The maximum Gasteiger partial charge on any atom is 0.187 e. The Bertz CT molecular complexity index is 1300. The van der Waals surface area contributed by atoms with Crippen molar-refractivity contribution in [3.63, 3.8) is 0 Å². The van der Waals surface area contributed by atoms with E-state index in [1.165, 1.54) is 0 Å². The first-order valence-corrected chi connectivity index (χ1v) is 20.4. The lowest BCUT2D eigenvalue weighted by molar-refractivity contribution is -0.373. The number of hydrogen-bond donors (Lipinski definition) is 8. The predicted octanol–water partition coefficient (Wildman–Crippen LogP) is 0.413. The van der Waals surface area contributed by atoms with Crippen LogP contribution in [0.2, 0.25) is 0 Å². The fourth-order valence-corrected chi connectivity index (χ4v) is 13.2. The van der Waals surface area contributed by atoms with Crippen LogP contribution in [0.1, 0.15) is 85.5 Å². The number of hydrogen-bond acceptors (Lipinski definition) is 14. The van der Waals surface area contributed by atoms with Gasteiger partial charge in [0.15, 0.2) is 18.4 Å². The lowest BCUT2D eigenvalue weighted by Gasteiger charge is -2.61. The van der Waals surface area contributed by atoms with Gasteiger partial charge in [0.05, 0.1) is 38.1 Å².